The molecule has 0 unspecified atom stereocenters. The number of benzene rings is 3. The van der Waals surface area contributed by atoms with Crippen LogP contribution in [0.4, 0.5) is 5.69 Å². The summed E-state index contributed by atoms with van der Waals surface area (Å²) in [6, 6.07) is 14.4. The van der Waals surface area contributed by atoms with Crippen LogP contribution < -0.4 is 19.6 Å². The monoisotopic (exact) mass is 569 g/mol. The molecule has 0 saturated heterocycles. The first-order valence-electron chi connectivity index (χ1n) is 11.1. The number of hydrogen-bond acceptors (Lipinski definition) is 8. The van der Waals surface area contributed by atoms with Gasteiger partial charge in [-0.3, -0.25) is 14.9 Å². The molecular weight excluding hydrogens is 546 g/mol. The van der Waals surface area contributed by atoms with E-state index in [0.717, 1.165) is 4.47 Å². The second-order valence-electron chi connectivity index (χ2n) is 7.78. The average Bonchev–Trinajstić information content (AvgIpc) is 2.85. The first-order valence-corrected chi connectivity index (χ1v) is 11.9. The van der Waals surface area contributed by atoms with Crippen molar-refractivity contribution in [2.75, 3.05) is 13.2 Å². The van der Waals surface area contributed by atoms with Crippen molar-refractivity contribution in [1.29, 1.82) is 0 Å². The summed E-state index contributed by atoms with van der Waals surface area (Å²) >= 11 is 3.32. The number of nitrogens with one attached hydrogen (secondary N) is 1. The molecule has 0 aromatic heterocycles. The van der Waals surface area contributed by atoms with Crippen molar-refractivity contribution in [3.05, 3.63) is 91.4 Å². The second-order valence-corrected chi connectivity index (χ2v) is 8.70. The Morgan fingerprint density at radius 1 is 1.03 bits per heavy atom. The van der Waals surface area contributed by atoms with E-state index in [1.54, 1.807) is 63.2 Å². The van der Waals surface area contributed by atoms with Crippen molar-refractivity contribution in [3.63, 3.8) is 0 Å². The van der Waals surface area contributed by atoms with E-state index < -0.39 is 16.8 Å². The van der Waals surface area contributed by atoms with Crippen LogP contribution in [0.15, 0.2) is 64.2 Å². The maximum absolute atomic E-state index is 12.5. The van der Waals surface area contributed by atoms with Crippen LogP contribution in [0, 0.1) is 24.0 Å². The van der Waals surface area contributed by atoms with Gasteiger partial charge in [-0.1, -0.05) is 15.9 Å². The number of carbonyl (C=O) groups is 2. The minimum atomic E-state index is -0.527. The largest absolute Gasteiger partial charge is 0.490 e. The lowest BCUT2D eigenvalue weighted by Gasteiger charge is -2.12. The van der Waals surface area contributed by atoms with Crippen LogP contribution >= 0.6 is 15.9 Å². The number of nitrogens with zero attached hydrogens (tertiary/aromatic N) is 2. The molecule has 1 N–H and O–H groups in total. The van der Waals surface area contributed by atoms with Gasteiger partial charge in [-0.05, 0) is 79.9 Å². The lowest BCUT2D eigenvalue weighted by Crippen LogP contribution is -2.25. The molecule has 0 aliphatic heterocycles. The number of non-ortho nitro benzene ring substituents is 1. The minimum Gasteiger partial charge on any atom is -0.490 e. The summed E-state index contributed by atoms with van der Waals surface area (Å²) in [5.74, 6) is -0.0487. The zero-order chi connectivity index (χ0) is 26.9. The number of esters is 1. The molecular formula is C26H24BrN3O7. The molecule has 192 valence electrons. The van der Waals surface area contributed by atoms with Gasteiger partial charge in [-0.25, -0.2) is 10.2 Å². The maximum Gasteiger partial charge on any atom is 0.343 e. The molecule has 0 atom stereocenters. The van der Waals surface area contributed by atoms with Gasteiger partial charge >= 0.3 is 5.97 Å². The normalized spacial score (nSPS) is 10.7. The van der Waals surface area contributed by atoms with Crippen molar-refractivity contribution < 1.29 is 28.7 Å². The van der Waals surface area contributed by atoms with E-state index in [-0.39, 0.29) is 18.0 Å². The van der Waals surface area contributed by atoms with Gasteiger partial charge in [0.05, 0.1) is 23.3 Å². The molecule has 0 fully saturated rings. The molecule has 10 nitrogen and oxygen atoms in total. The highest BCUT2D eigenvalue weighted by molar-refractivity contribution is 9.10. The summed E-state index contributed by atoms with van der Waals surface area (Å²) in [7, 11) is 0. The van der Waals surface area contributed by atoms with Crippen molar-refractivity contribution in [2.45, 2.75) is 20.8 Å². The SMILES string of the molecule is CCOc1cc(C=NNC(=O)COc2c(C)cc([N+](=O)[O-])cc2C)ccc1OC(=O)c1ccc(Br)cc1. The highest BCUT2D eigenvalue weighted by Gasteiger charge is 2.15. The zero-order valence-corrected chi connectivity index (χ0v) is 21.9. The molecule has 3 aromatic rings. The maximum atomic E-state index is 12.5. The number of ether oxygens (including phenoxy) is 3. The Hall–Kier alpha value is -4.25. The van der Waals surface area contributed by atoms with Crippen LogP contribution in [0.2, 0.25) is 0 Å². The van der Waals surface area contributed by atoms with Gasteiger partial charge in [-0.15, -0.1) is 0 Å². The van der Waals surface area contributed by atoms with Gasteiger partial charge in [0.15, 0.2) is 18.1 Å². The first-order chi connectivity index (χ1) is 17.7. The van der Waals surface area contributed by atoms with Crippen molar-refractivity contribution in [3.8, 4) is 17.2 Å². The number of halogens is 1. The fourth-order valence-electron chi connectivity index (χ4n) is 3.31. The number of nitro groups is 1. The summed E-state index contributed by atoms with van der Waals surface area (Å²) < 4.78 is 17.5. The topological polar surface area (TPSA) is 129 Å². The third kappa shape index (κ3) is 7.61. The van der Waals surface area contributed by atoms with E-state index in [4.69, 9.17) is 14.2 Å². The second kappa shape index (κ2) is 12.6. The van der Waals surface area contributed by atoms with Gasteiger partial charge in [0.2, 0.25) is 0 Å². The first kappa shape index (κ1) is 27.3. The minimum absolute atomic E-state index is 0.0445. The fourth-order valence-corrected chi connectivity index (χ4v) is 3.58. The third-order valence-corrected chi connectivity index (χ3v) is 5.49. The molecule has 0 spiro atoms. The van der Waals surface area contributed by atoms with Crippen LogP contribution in [0.1, 0.15) is 34.0 Å². The summed E-state index contributed by atoms with van der Waals surface area (Å²) in [5.41, 5.74) is 4.40. The third-order valence-electron chi connectivity index (χ3n) is 4.96. The van der Waals surface area contributed by atoms with Gasteiger partial charge in [0.1, 0.15) is 5.75 Å². The molecule has 3 rings (SSSR count). The number of carbonyl (C=O) groups excluding carboxylic acids is 2. The summed E-state index contributed by atoms with van der Waals surface area (Å²) in [5, 5.41) is 14.9. The van der Waals surface area contributed by atoms with Gasteiger partial charge < -0.3 is 14.2 Å². The van der Waals surface area contributed by atoms with Gasteiger partial charge in [-0.2, -0.15) is 5.10 Å². The Bertz CT molecular complexity index is 1320. The van der Waals surface area contributed by atoms with E-state index in [0.29, 0.717) is 40.4 Å². The number of hydrogen-bond donors (Lipinski definition) is 1. The van der Waals surface area contributed by atoms with Gasteiger partial charge in [0, 0.05) is 16.6 Å². The van der Waals surface area contributed by atoms with Crippen molar-refractivity contribution in [1.82, 2.24) is 5.43 Å². The molecule has 11 heteroatoms. The highest BCUT2D eigenvalue weighted by Crippen LogP contribution is 2.30. The molecule has 0 heterocycles. The predicted molar refractivity (Wildman–Crippen MR) is 141 cm³/mol. The molecule has 0 bridgehead atoms. The average molecular weight is 570 g/mol. The van der Waals surface area contributed by atoms with Crippen molar-refractivity contribution >= 4 is 39.7 Å². The Balaban J connectivity index is 1.60. The molecule has 0 radical (unpaired) electrons. The summed E-state index contributed by atoms with van der Waals surface area (Å²) in [6.07, 6.45) is 1.41. The van der Waals surface area contributed by atoms with Gasteiger partial charge in [0.25, 0.3) is 11.6 Å². The van der Waals surface area contributed by atoms with E-state index in [1.807, 2.05) is 0 Å². The Morgan fingerprint density at radius 2 is 1.70 bits per heavy atom. The Labute approximate surface area is 221 Å². The van der Waals surface area contributed by atoms with Crippen LogP contribution in [0.5, 0.6) is 17.2 Å². The van der Waals surface area contributed by atoms with Crippen LogP contribution in [-0.2, 0) is 4.79 Å². The van der Waals surface area contributed by atoms with Crippen molar-refractivity contribution in [2.24, 2.45) is 5.10 Å². The highest BCUT2D eigenvalue weighted by atomic mass is 79.9. The van der Waals surface area contributed by atoms with E-state index in [9.17, 15) is 19.7 Å². The lowest BCUT2D eigenvalue weighted by atomic mass is 10.1. The summed E-state index contributed by atoms with van der Waals surface area (Å²) in [6.45, 7) is 5.16. The molecule has 1 amide bonds. The number of amides is 1. The zero-order valence-electron chi connectivity index (χ0n) is 20.3. The Morgan fingerprint density at radius 3 is 2.32 bits per heavy atom. The van der Waals surface area contributed by atoms with E-state index >= 15 is 0 Å². The molecule has 0 aliphatic carbocycles. The quantitative estimate of drug-likeness (QED) is 0.118. The molecule has 0 saturated carbocycles. The predicted octanol–water partition coefficient (Wildman–Crippen LogP) is 5.12. The molecule has 3 aromatic carbocycles. The number of aryl methyl sites for hydroxylation is 2. The lowest BCUT2D eigenvalue weighted by molar-refractivity contribution is -0.385. The van der Waals surface area contributed by atoms with E-state index in [2.05, 4.69) is 26.5 Å². The number of rotatable bonds is 10. The standard InChI is InChI=1S/C26H24BrN3O7/c1-4-35-23-13-18(5-10-22(23)37-26(32)19-6-8-20(27)9-7-19)14-28-29-24(31)15-36-25-16(2)11-21(30(33)34)12-17(25)3/h5-14H,4,15H2,1-3H3,(H,29,31). The fraction of sp³-hybridized carbons (Fsp3) is 0.192. The molecule has 37 heavy (non-hydrogen) atoms. The Kier molecular flexibility index (Phi) is 9.33. The van der Waals surface area contributed by atoms with Crippen LogP contribution in [0.25, 0.3) is 0 Å². The summed E-state index contributed by atoms with van der Waals surface area (Å²) in [4.78, 5) is 35.1. The van der Waals surface area contributed by atoms with E-state index in [1.165, 1.54) is 18.3 Å². The number of hydrazone groups is 1. The van der Waals surface area contributed by atoms with Crippen LogP contribution in [0.3, 0.4) is 0 Å². The number of nitro benzene ring substituents is 1. The molecule has 0 aliphatic rings. The van der Waals surface area contributed by atoms with Crippen LogP contribution in [-0.4, -0.2) is 36.2 Å². The smallest absolute Gasteiger partial charge is 0.343 e.